The van der Waals surface area contributed by atoms with Crippen molar-refractivity contribution in [3.63, 3.8) is 0 Å². The van der Waals surface area contributed by atoms with Crippen LogP contribution in [0.3, 0.4) is 0 Å². The number of hydrogen-bond donors (Lipinski definition) is 1. The topological polar surface area (TPSA) is 85.4 Å². The fourth-order valence-electron chi connectivity index (χ4n) is 2.75. The van der Waals surface area contributed by atoms with E-state index in [2.05, 4.69) is 15.6 Å². The van der Waals surface area contributed by atoms with Gasteiger partial charge in [0.2, 0.25) is 0 Å². The number of hydrogen-bond acceptors (Lipinski definition) is 6. The first-order valence-corrected chi connectivity index (χ1v) is 7.83. The third-order valence-corrected chi connectivity index (χ3v) is 3.75. The maximum absolute atomic E-state index is 12.6. The smallest absolute Gasteiger partial charge is 0.257 e. The fraction of sp³-hybridized carbons (Fsp3) is 0.562. The van der Waals surface area contributed by atoms with Gasteiger partial charge in [-0.25, -0.2) is 0 Å². The minimum Gasteiger partial charge on any atom is -0.385 e. The molecule has 0 bridgehead atoms. The molecule has 0 radical (unpaired) electrons. The number of anilines is 1. The summed E-state index contributed by atoms with van der Waals surface area (Å²) in [5.74, 6) is 1.16. The van der Waals surface area contributed by atoms with E-state index in [9.17, 15) is 4.79 Å². The zero-order chi connectivity index (χ0) is 17.9. The summed E-state index contributed by atoms with van der Waals surface area (Å²) in [4.78, 5) is 14.5. The highest BCUT2D eigenvalue weighted by atomic mass is 16.5. The SMILES string of the molecule is COCCCNC(=O)c1c(-c2c(C)nn(C)c2N(C)C)noc1C. The Morgan fingerprint density at radius 2 is 2.08 bits per heavy atom. The van der Waals surface area contributed by atoms with E-state index in [1.54, 1.807) is 18.7 Å². The van der Waals surface area contributed by atoms with Gasteiger partial charge >= 0.3 is 0 Å². The van der Waals surface area contributed by atoms with Crippen molar-refractivity contribution in [2.75, 3.05) is 39.3 Å². The standard InChI is InChI=1S/C16H25N5O3/c1-10-12(16(20(3)4)21(5)18-10)14-13(11(2)24-19-14)15(22)17-8-7-9-23-6/h7-9H2,1-6H3,(H,17,22). The van der Waals surface area contributed by atoms with Crippen LogP contribution in [-0.2, 0) is 11.8 Å². The quantitative estimate of drug-likeness (QED) is 0.772. The zero-order valence-corrected chi connectivity index (χ0v) is 15.1. The van der Waals surface area contributed by atoms with Crippen molar-refractivity contribution < 1.29 is 14.1 Å². The molecule has 8 nitrogen and oxygen atoms in total. The van der Waals surface area contributed by atoms with Gasteiger partial charge in [-0.15, -0.1) is 0 Å². The van der Waals surface area contributed by atoms with Crippen LogP contribution >= 0.6 is 0 Å². The van der Waals surface area contributed by atoms with Crippen LogP contribution in [0.2, 0.25) is 0 Å². The molecule has 0 unspecified atom stereocenters. The Bertz CT molecular complexity index is 718. The average molecular weight is 335 g/mol. The van der Waals surface area contributed by atoms with Crippen LogP contribution < -0.4 is 10.2 Å². The van der Waals surface area contributed by atoms with Crippen molar-refractivity contribution in [3.05, 3.63) is 17.0 Å². The lowest BCUT2D eigenvalue weighted by molar-refractivity contribution is 0.0947. The number of nitrogens with zero attached hydrogens (tertiary/aromatic N) is 4. The molecule has 2 aromatic heterocycles. The molecule has 0 saturated carbocycles. The van der Waals surface area contributed by atoms with Gasteiger partial charge in [0, 0.05) is 41.4 Å². The lowest BCUT2D eigenvalue weighted by Gasteiger charge is -2.14. The fourth-order valence-corrected chi connectivity index (χ4v) is 2.75. The van der Waals surface area contributed by atoms with Gasteiger partial charge in [-0.3, -0.25) is 9.48 Å². The van der Waals surface area contributed by atoms with Crippen LogP contribution in [0, 0.1) is 13.8 Å². The number of methoxy groups -OCH3 is 1. The predicted molar refractivity (Wildman–Crippen MR) is 91.3 cm³/mol. The first kappa shape index (κ1) is 18.0. The van der Waals surface area contributed by atoms with Gasteiger partial charge < -0.3 is 19.5 Å². The Labute approximate surface area is 141 Å². The zero-order valence-electron chi connectivity index (χ0n) is 15.1. The van der Waals surface area contributed by atoms with Crippen LogP contribution in [0.4, 0.5) is 5.82 Å². The molecule has 0 aliphatic heterocycles. The van der Waals surface area contributed by atoms with Crippen LogP contribution in [0.1, 0.15) is 28.2 Å². The molecule has 0 atom stereocenters. The highest BCUT2D eigenvalue weighted by Crippen LogP contribution is 2.35. The molecule has 2 aromatic rings. The van der Waals surface area contributed by atoms with E-state index in [0.29, 0.717) is 30.2 Å². The number of rotatable bonds is 7. The Morgan fingerprint density at radius 1 is 1.38 bits per heavy atom. The van der Waals surface area contributed by atoms with Gasteiger partial charge in [0.1, 0.15) is 22.8 Å². The number of amides is 1. The van der Waals surface area contributed by atoms with Crippen molar-refractivity contribution in [1.29, 1.82) is 0 Å². The maximum Gasteiger partial charge on any atom is 0.257 e. The number of carbonyl (C=O) groups is 1. The third-order valence-electron chi connectivity index (χ3n) is 3.75. The molecule has 24 heavy (non-hydrogen) atoms. The van der Waals surface area contributed by atoms with E-state index in [0.717, 1.165) is 23.5 Å². The van der Waals surface area contributed by atoms with Crippen molar-refractivity contribution in [2.45, 2.75) is 20.3 Å². The Kier molecular flexibility index (Phi) is 5.61. The minimum atomic E-state index is -0.201. The largest absolute Gasteiger partial charge is 0.385 e. The lowest BCUT2D eigenvalue weighted by Crippen LogP contribution is -2.26. The molecule has 0 aromatic carbocycles. The van der Waals surface area contributed by atoms with Gasteiger partial charge in [-0.05, 0) is 20.3 Å². The minimum absolute atomic E-state index is 0.201. The average Bonchev–Trinajstić information content (AvgIpc) is 3.02. The summed E-state index contributed by atoms with van der Waals surface area (Å²) in [6.45, 7) is 4.76. The molecule has 0 saturated heterocycles. The van der Waals surface area contributed by atoms with Gasteiger partial charge in [-0.2, -0.15) is 5.10 Å². The van der Waals surface area contributed by atoms with Gasteiger partial charge in [0.25, 0.3) is 5.91 Å². The molecular weight excluding hydrogens is 310 g/mol. The lowest BCUT2D eigenvalue weighted by atomic mass is 10.1. The highest BCUT2D eigenvalue weighted by molar-refractivity contribution is 6.02. The third kappa shape index (κ3) is 3.43. The first-order chi connectivity index (χ1) is 11.4. The summed E-state index contributed by atoms with van der Waals surface area (Å²) in [6.07, 6.45) is 0.747. The van der Waals surface area contributed by atoms with E-state index in [1.807, 2.05) is 33.0 Å². The van der Waals surface area contributed by atoms with Crippen LogP contribution in [0.15, 0.2) is 4.52 Å². The number of carbonyl (C=O) groups excluding carboxylic acids is 1. The summed E-state index contributed by atoms with van der Waals surface area (Å²) in [5, 5.41) is 11.5. The molecule has 8 heteroatoms. The number of ether oxygens (including phenoxy) is 1. The molecule has 132 valence electrons. The molecule has 1 N–H and O–H groups in total. The summed E-state index contributed by atoms with van der Waals surface area (Å²) < 4.78 is 12.1. The predicted octanol–water partition coefficient (Wildman–Crippen LogP) is 1.52. The van der Waals surface area contributed by atoms with E-state index < -0.39 is 0 Å². The number of aromatic nitrogens is 3. The molecule has 0 aliphatic rings. The van der Waals surface area contributed by atoms with E-state index >= 15 is 0 Å². The van der Waals surface area contributed by atoms with Crippen LogP contribution in [0.25, 0.3) is 11.3 Å². The van der Waals surface area contributed by atoms with Gasteiger partial charge in [0.15, 0.2) is 0 Å². The molecule has 0 aliphatic carbocycles. The van der Waals surface area contributed by atoms with Crippen molar-refractivity contribution in [2.24, 2.45) is 7.05 Å². The molecule has 0 fully saturated rings. The summed E-state index contributed by atoms with van der Waals surface area (Å²) >= 11 is 0. The van der Waals surface area contributed by atoms with Crippen molar-refractivity contribution in [1.82, 2.24) is 20.3 Å². The van der Waals surface area contributed by atoms with Crippen molar-refractivity contribution in [3.8, 4) is 11.3 Å². The molecule has 2 heterocycles. The van der Waals surface area contributed by atoms with E-state index in [1.165, 1.54) is 0 Å². The monoisotopic (exact) mass is 335 g/mol. The van der Waals surface area contributed by atoms with Gasteiger partial charge in [0.05, 0.1) is 11.3 Å². The first-order valence-electron chi connectivity index (χ1n) is 7.83. The number of aryl methyl sites for hydroxylation is 3. The molecular formula is C16H25N5O3. The maximum atomic E-state index is 12.6. The van der Waals surface area contributed by atoms with Crippen LogP contribution in [-0.4, -0.2) is 55.2 Å². The van der Waals surface area contributed by atoms with E-state index in [-0.39, 0.29) is 5.91 Å². The van der Waals surface area contributed by atoms with Crippen molar-refractivity contribution >= 4 is 11.7 Å². The summed E-state index contributed by atoms with van der Waals surface area (Å²) in [5.41, 5.74) is 2.57. The Morgan fingerprint density at radius 3 is 2.71 bits per heavy atom. The Hall–Kier alpha value is -2.35. The normalized spacial score (nSPS) is 10.9. The highest BCUT2D eigenvalue weighted by Gasteiger charge is 2.27. The number of nitrogens with one attached hydrogen (secondary N) is 1. The van der Waals surface area contributed by atoms with E-state index in [4.69, 9.17) is 9.26 Å². The van der Waals surface area contributed by atoms with Gasteiger partial charge in [-0.1, -0.05) is 5.16 Å². The second-order valence-corrected chi connectivity index (χ2v) is 5.87. The summed E-state index contributed by atoms with van der Waals surface area (Å²) in [7, 11) is 7.36. The van der Waals surface area contributed by atoms with Crippen LogP contribution in [0.5, 0.6) is 0 Å². The molecule has 2 rings (SSSR count). The second-order valence-electron chi connectivity index (χ2n) is 5.87. The molecule has 0 spiro atoms. The molecule has 1 amide bonds. The Balaban J connectivity index is 2.39. The summed E-state index contributed by atoms with van der Waals surface area (Å²) in [6, 6.07) is 0. The second kappa shape index (κ2) is 7.48.